The minimum atomic E-state index is -1.07. The first-order valence-electron chi connectivity index (χ1n) is 10.4. The molecule has 0 radical (unpaired) electrons. The second kappa shape index (κ2) is 9.82. The normalized spacial score (nSPS) is 12.1. The Kier molecular flexibility index (Phi) is 7.28. The van der Waals surface area contributed by atoms with Crippen molar-refractivity contribution in [2.75, 3.05) is 10.6 Å². The highest BCUT2D eigenvalue weighted by atomic mass is 35.5. The van der Waals surface area contributed by atoms with Gasteiger partial charge in [-0.05, 0) is 74.6 Å². The molecule has 2 aromatic carbocycles. The van der Waals surface area contributed by atoms with Crippen LogP contribution < -0.4 is 21.7 Å². The molecule has 5 N–H and O–H groups in total. The van der Waals surface area contributed by atoms with Gasteiger partial charge in [0.15, 0.2) is 5.69 Å². The molecule has 10 heteroatoms. The third kappa shape index (κ3) is 5.55. The molecule has 0 spiro atoms. The van der Waals surface area contributed by atoms with E-state index in [0.29, 0.717) is 16.3 Å². The van der Waals surface area contributed by atoms with E-state index in [1.165, 1.54) is 4.90 Å². The van der Waals surface area contributed by atoms with Crippen molar-refractivity contribution < 1.29 is 14.4 Å². The maximum absolute atomic E-state index is 13.9. The highest BCUT2D eigenvalue weighted by Crippen LogP contribution is 2.34. The predicted octanol–water partition coefficient (Wildman–Crippen LogP) is 4.09. The Bertz CT molecular complexity index is 1230. The van der Waals surface area contributed by atoms with E-state index in [0.717, 1.165) is 17.1 Å². The zero-order valence-corrected chi connectivity index (χ0v) is 20.8. The van der Waals surface area contributed by atoms with E-state index in [4.69, 9.17) is 23.1 Å². The van der Waals surface area contributed by atoms with Crippen LogP contribution in [0.4, 0.5) is 11.4 Å². The lowest BCUT2D eigenvalue weighted by Crippen LogP contribution is -2.49. The van der Waals surface area contributed by atoms with E-state index < -0.39 is 29.3 Å². The molecule has 0 saturated carbocycles. The number of nitrogens with two attached hydrogens (primary N) is 2. The lowest BCUT2D eigenvalue weighted by atomic mass is 10.00. The van der Waals surface area contributed by atoms with E-state index in [1.54, 1.807) is 42.5 Å². The summed E-state index contributed by atoms with van der Waals surface area (Å²) in [7, 11) is 0. The lowest BCUT2D eigenvalue weighted by Gasteiger charge is -2.33. The molecule has 0 unspecified atom stereocenters. The third-order valence-electron chi connectivity index (χ3n) is 4.84. The molecule has 1 atom stereocenters. The Hall–Kier alpha value is -3.43. The highest BCUT2D eigenvalue weighted by molar-refractivity contribution is 7.09. The number of aromatic nitrogens is 1. The maximum atomic E-state index is 13.9. The van der Waals surface area contributed by atoms with Crippen LogP contribution in [-0.2, 0) is 4.79 Å². The fraction of sp³-hybridized carbons (Fsp3) is 0.250. The smallest absolute Gasteiger partial charge is 0.273 e. The monoisotopic (exact) mass is 499 g/mol. The number of anilines is 2. The zero-order chi connectivity index (χ0) is 25.2. The van der Waals surface area contributed by atoms with Gasteiger partial charge in [-0.2, -0.15) is 4.37 Å². The van der Waals surface area contributed by atoms with Crippen molar-refractivity contribution in [1.29, 1.82) is 0 Å². The summed E-state index contributed by atoms with van der Waals surface area (Å²) in [5, 5.41) is 3.45. The third-order valence-corrected chi connectivity index (χ3v) is 5.95. The van der Waals surface area contributed by atoms with Crippen molar-refractivity contribution in [3.63, 3.8) is 0 Å². The number of halogens is 1. The molecule has 178 valence electrons. The topological polar surface area (TPSA) is 131 Å². The summed E-state index contributed by atoms with van der Waals surface area (Å²) in [6.07, 6.45) is 0. The first-order valence-corrected chi connectivity index (χ1v) is 11.6. The van der Waals surface area contributed by atoms with Crippen molar-refractivity contribution in [2.45, 2.75) is 39.3 Å². The highest BCUT2D eigenvalue weighted by Gasteiger charge is 2.37. The molecule has 8 nitrogen and oxygen atoms in total. The number of nitrogens with zero attached hydrogens (tertiary/aromatic N) is 2. The van der Waals surface area contributed by atoms with Crippen LogP contribution in [-0.4, -0.2) is 27.6 Å². The predicted molar refractivity (Wildman–Crippen MR) is 135 cm³/mol. The molecule has 1 heterocycles. The van der Waals surface area contributed by atoms with Crippen molar-refractivity contribution in [1.82, 2.24) is 9.69 Å². The summed E-state index contributed by atoms with van der Waals surface area (Å²) in [4.78, 5) is 40.6. The number of carbonyl (C=O) groups excluding carboxylic acids is 3. The van der Waals surface area contributed by atoms with Crippen LogP contribution in [0.1, 0.15) is 58.1 Å². The molecule has 0 saturated heterocycles. The van der Waals surface area contributed by atoms with E-state index in [2.05, 4.69) is 9.69 Å². The molecule has 34 heavy (non-hydrogen) atoms. The van der Waals surface area contributed by atoms with E-state index in [-0.39, 0.29) is 16.3 Å². The number of amides is 3. The standard InChI is InChI=1S/C24H26ClN5O3S/c1-13-6-5-7-16(12-13)30(23(33)20-17(26)18(21(27)31)29-34-20)19(22(32)28-24(2,3)4)14-8-10-15(25)11-9-14/h5-12,19H,26H2,1-4H3,(H2,27,31)(H,28,32)/t19-/m0/s1. The Morgan fingerprint density at radius 1 is 1.12 bits per heavy atom. The molecule has 1 aromatic heterocycles. The van der Waals surface area contributed by atoms with Crippen LogP contribution in [0.15, 0.2) is 48.5 Å². The molecule has 3 amide bonds. The fourth-order valence-corrected chi connectivity index (χ4v) is 4.27. The second-order valence-corrected chi connectivity index (χ2v) is 10.1. The number of hydrogen-bond acceptors (Lipinski definition) is 6. The largest absolute Gasteiger partial charge is 0.395 e. The summed E-state index contributed by atoms with van der Waals surface area (Å²) in [6.45, 7) is 7.43. The SMILES string of the molecule is Cc1cccc(N(C(=O)c2snc(C(N)=O)c2N)[C@H](C(=O)NC(C)(C)C)c2ccc(Cl)cc2)c1. The first-order chi connectivity index (χ1) is 15.9. The van der Waals surface area contributed by atoms with Crippen molar-refractivity contribution >= 4 is 52.2 Å². The zero-order valence-electron chi connectivity index (χ0n) is 19.3. The summed E-state index contributed by atoms with van der Waals surface area (Å²) < 4.78 is 3.95. The number of nitrogens with one attached hydrogen (secondary N) is 1. The average molecular weight is 500 g/mol. The van der Waals surface area contributed by atoms with Crippen LogP contribution >= 0.6 is 23.1 Å². The van der Waals surface area contributed by atoms with Crippen LogP contribution in [0.5, 0.6) is 0 Å². The molecular formula is C24H26ClN5O3S. The molecule has 0 aliphatic rings. The number of benzene rings is 2. The number of hydrogen-bond donors (Lipinski definition) is 3. The summed E-state index contributed by atoms with van der Waals surface area (Å²) >= 11 is 6.84. The van der Waals surface area contributed by atoms with Gasteiger partial charge in [0.1, 0.15) is 10.9 Å². The Balaban J connectivity index is 2.24. The van der Waals surface area contributed by atoms with Crippen molar-refractivity contribution in [3.05, 3.63) is 75.3 Å². The quantitative estimate of drug-likeness (QED) is 0.470. The molecule has 3 rings (SSSR count). The maximum Gasteiger partial charge on any atom is 0.273 e. The van der Waals surface area contributed by atoms with Crippen LogP contribution in [0.2, 0.25) is 5.02 Å². The van der Waals surface area contributed by atoms with Crippen LogP contribution in [0, 0.1) is 6.92 Å². The Morgan fingerprint density at radius 3 is 2.29 bits per heavy atom. The number of rotatable bonds is 6. The molecule has 0 aliphatic heterocycles. The van der Waals surface area contributed by atoms with Crippen molar-refractivity contribution in [3.8, 4) is 0 Å². The van der Waals surface area contributed by atoms with Crippen molar-refractivity contribution in [2.24, 2.45) is 5.73 Å². The number of nitrogen functional groups attached to an aromatic ring is 1. The fourth-order valence-electron chi connectivity index (χ4n) is 3.40. The van der Waals surface area contributed by atoms with Crippen LogP contribution in [0.25, 0.3) is 0 Å². The van der Waals surface area contributed by atoms with E-state index in [1.807, 2.05) is 33.8 Å². The molecule has 0 fully saturated rings. The van der Waals surface area contributed by atoms with E-state index in [9.17, 15) is 14.4 Å². The minimum Gasteiger partial charge on any atom is -0.395 e. The summed E-state index contributed by atoms with van der Waals surface area (Å²) in [6, 6.07) is 12.8. The van der Waals surface area contributed by atoms with Gasteiger partial charge in [0.25, 0.3) is 11.8 Å². The molecular weight excluding hydrogens is 474 g/mol. The molecule has 3 aromatic rings. The number of primary amides is 1. The summed E-state index contributed by atoms with van der Waals surface area (Å²) in [5.41, 5.74) is 12.4. The van der Waals surface area contributed by atoms with Crippen LogP contribution in [0.3, 0.4) is 0 Å². The second-order valence-electron chi connectivity index (χ2n) is 8.85. The first kappa shape index (κ1) is 25.2. The van der Waals surface area contributed by atoms with Gasteiger partial charge in [-0.25, -0.2) is 0 Å². The Labute approximate surface area is 207 Å². The van der Waals surface area contributed by atoms with Gasteiger partial charge in [0, 0.05) is 16.2 Å². The summed E-state index contributed by atoms with van der Waals surface area (Å²) in [5.74, 6) is -1.82. The average Bonchev–Trinajstić information content (AvgIpc) is 3.12. The number of aryl methyl sites for hydroxylation is 1. The van der Waals surface area contributed by atoms with Gasteiger partial charge in [0.2, 0.25) is 5.91 Å². The Morgan fingerprint density at radius 2 is 1.76 bits per heavy atom. The lowest BCUT2D eigenvalue weighted by molar-refractivity contribution is -0.123. The van der Waals surface area contributed by atoms with Gasteiger partial charge < -0.3 is 16.8 Å². The van der Waals surface area contributed by atoms with Gasteiger partial charge in [0.05, 0.1) is 5.69 Å². The molecule has 0 bridgehead atoms. The van der Waals surface area contributed by atoms with E-state index >= 15 is 0 Å². The minimum absolute atomic E-state index is 0.0119. The van der Waals surface area contributed by atoms with Gasteiger partial charge in [-0.3, -0.25) is 19.3 Å². The van der Waals surface area contributed by atoms with Gasteiger partial charge in [-0.15, -0.1) is 0 Å². The number of carbonyl (C=O) groups is 3. The van der Waals surface area contributed by atoms with Gasteiger partial charge >= 0.3 is 0 Å². The van der Waals surface area contributed by atoms with Gasteiger partial charge in [-0.1, -0.05) is 35.9 Å². The molecule has 0 aliphatic carbocycles.